The maximum Gasteiger partial charge on any atom is 0.336 e. The molecule has 564 valence electrons. The first-order valence-electron chi connectivity index (χ1n) is 33.5. The summed E-state index contributed by atoms with van der Waals surface area (Å²) in [6.45, 7) is 16.1. The number of ether oxygens (including phenoxy) is 3. The second-order valence-corrected chi connectivity index (χ2v) is 25.7. The van der Waals surface area contributed by atoms with Gasteiger partial charge in [0, 0.05) is 47.4 Å². The summed E-state index contributed by atoms with van der Waals surface area (Å²) < 4.78 is 20.6. The standard InChI is InChI=1S/C31H64N8O8.C24H49N7O6.C7H14O2.2CH4.H2/c1-8-10-17-47-24-27(42)20-36(16-12-14-34(5)6)19-26(41)22-38-29(44)37(21-25(40)18-35(7)15-11-13-33(3)4)30(45)39(31(38)46)23-28(43)32-9-2;1-7-19(32)16-29-22(35)30(17-20(33)14-25-10-8-11-26(2)3)24(37)31(23(29)36)18-21(34)15-28(6)13-9-12-27(4)5;1-2-3-4-8-5-7-6-9-7;;;/h25-28,32,40-43H,8-24H2,1-7H3;19-21,25,32-34H,7-18H2,1-6H3;7H,2-6H2,1H3;2*1H4;1H/i;;;;;1+1. The molecule has 0 spiro atoms. The Kier molecular flexibility index (Phi) is 52.0. The van der Waals surface area contributed by atoms with Crippen molar-refractivity contribution in [3.8, 4) is 0 Å². The molecule has 3 rings (SSSR count). The van der Waals surface area contributed by atoms with Crippen LogP contribution in [0.2, 0.25) is 0 Å². The van der Waals surface area contributed by atoms with Gasteiger partial charge in [-0.3, -0.25) is 10.2 Å². The lowest BCUT2D eigenvalue weighted by atomic mass is 10.2. The van der Waals surface area contributed by atoms with Crippen molar-refractivity contribution in [2.45, 2.75) is 189 Å². The molecule has 2 aromatic heterocycles. The van der Waals surface area contributed by atoms with E-state index in [9.17, 15) is 64.5 Å². The molecule has 31 heteroatoms. The lowest BCUT2D eigenvalue weighted by Gasteiger charge is -2.28. The minimum Gasteiger partial charge on any atom is -0.391 e. The summed E-state index contributed by atoms with van der Waals surface area (Å²) in [6, 6.07) is 0. The number of likely N-dealkylation sites (N-methyl/N-ethyl adjacent to an activating group) is 3. The van der Waals surface area contributed by atoms with Crippen LogP contribution in [0, 0.1) is 0 Å². The lowest BCUT2D eigenvalue weighted by Crippen LogP contribution is -2.58. The number of nitrogens with one attached hydrogen (secondary N) is 2. The number of rotatable bonds is 51. The van der Waals surface area contributed by atoms with Crippen molar-refractivity contribution >= 4 is 0 Å². The number of aliphatic hydroxyl groups is 7. The molecule has 8 atom stereocenters. The van der Waals surface area contributed by atoms with E-state index >= 15 is 0 Å². The van der Waals surface area contributed by atoms with Crippen LogP contribution in [-0.2, 0) is 53.5 Å². The Morgan fingerprint density at radius 2 is 0.821 bits per heavy atom. The summed E-state index contributed by atoms with van der Waals surface area (Å²) in [5.74, 6) is 0. The molecule has 1 fully saturated rings. The number of hydrogen-bond donors (Lipinski definition) is 9. The van der Waals surface area contributed by atoms with Gasteiger partial charge in [-0.1, -0.05) is 55.4 Å². The van der Waals surface area contributed by atoms with Gasteiger partial charge < -0.3 is 84.7 Å². The van der Waals surface area contributed by atoms with Gasteiger partial charge in [0.15, 0.2) is 0 Å². The number of aromatic nitrogens is 6. The van der Waals surface area contributed by atoms with Crippen molar-refractivity contribution < 1.29 is 51.4 Å². The fourth-order valence-corrected chi connectivity index (χ4v) is 9.81. The zero-order chi connectivity index (χ0) is 70.2. The molecule has 8 unspecified atom stereocenters. The highest BCUT2D eigenvalue weighted by Crippen LogP contribution is 2.09. The predicted molar refractivity (Wildman–Crippen MR) is 378 cm³/mol. The number of hydrogen-bond acceptors (Lipinski definition) is 25. The van der Waals surface area contributed by atoms with Gasteiger partial charge in [-0.2, -0.15) is 0 Å². The molecule has 2 aromatic rings. The fraction of sp³-hybridized carbons (Fsp3) is 0.906. The van der Waals surface area contributed by atoms with Crippen LogP contribution in [0.4, 0.5) is 0 Å². The Balaban J connectivity index is -0.00000157. The molecule has 1 saturated heterocycles. The summed E-state index contributed by atoms with van der Waals surface area (Å²) in [5, 5.41) is 80.0. The molecule has 0 bridgehead atoms. The van der Waals surface area contributed by atoms with Crippen LogP contribution in [0.1, 0.15) is 102 Å². The van der Waals surface area contributed by atoms with Crippen molar-refractivity contribution in [3.05, 3.63) is 62.9 Å². The highest BCUT2D eigenvalue weighted by atomic mass is 16.6. The molecule has 0 aliphatic carbocycles. The monoisotopic (exact) mass is 1370 g/mol. The van der Waals surface area contributed by atoms with Gasteiger partial charge in [0.1, 0.15) is 12.3 Å². The van der Waals surface area contributed by atoms with Gasteiger partial charge in [-0.15, -0.1) is 0 Å². The highest BCUT2D eigenvalue weighted by Gasteiger charge is 2.26. The van der Waals surface area contributed by atoms with E-state index in [0.717, 1.165) is 118 Å². The van der Waals surface area contributed by atoms with Crippen LogP contribution in [0.25, 0.3) is 0 Å². The molecule has 0 aromatic carbocycles. The summed E-state index contributed by atoms with van der Waals surface area (Å²) in [7, 11) is 19.4. The SMILES string of the molecule is C.C.CCC(O)Cn1c(=O)n(CC(O)CNCCCN(C)C)c(=O)n(CC(O)CN(C)CCCN(C)C)c1=O.CCCCOCC(O)CN(CCCN(C)C)CC(O)Cn1c(=O)n(CC(O)CN(C)CCCN(C)C)c(=O)n(CC(O)NCC)c1=O.CCCCOCC1CO1.[2HH]. The van der Waals surface area contributed by atoms with Crippen molar-refractivity contribution in [1.29, 1.82) is 0 Å². The first kappa shape index (κ1) is 93.1. The molecule has 3 heterocycles. The molecule has 1 aliphatic heterocycles. The summed E-state index contributed by atoms with van der Waals surface area (Å²) >= 11 is 0. The maximum atomic E-state index is 13.6. The van der Waals surface area contributed by atoms with Gasteiger partial charge >= 0.3 is 34.1 Å². The van der Waals surface area contributed by atoms with Gasteiger partial charge in [-0.05, 0) is 174 Å². The van der Waals surface area contributed by atoms with E-state index in [0.29, 0.717) is 45.3 Å². The van der Waals surface area contributed by atoms with Crippen LogP contribution in [0.3, 0.4) is 0 Å². The fourth-order valence-electron chi connectivity index (χ4n) is 9.81. The van der Waals surface area contributed by atoms with Crippen LogP contribution in [0.15, 0.2) is 28.8 Å². The van der Waals surface area contributed by atoms with Crippen LogP contribution < -0.4 is 44.8 Å². The molecule has 0 radical (unpaired) electrons. The number of aliphatic hydroxyl groups excluding tert-OH is 7. The van der Waals surface area contributed by atoms with E-state index in [-0.39, 0.29) is 81.8 Å². The minimum absolute atomic E-state index is 0. The van der Waals surface area contributed by atoms with Crippen LogP contribution in [0.5, 0.6) is 0 Å². The third-order valence-electron chi connectivity index (χ3n) is 15.0. The Morgan fingerprint density at radius 3 is 1.21 bits per heavy atom. The summed E-state index contributed by atoms with van der Waals surface area (Å²) in [4.78, 5) is 93.6. The Morgan fingerprint density at radius 1 is 0.463 bits per heavy atom. The lowest BCUT2D eigenvalue weighted by molar-refractivity contribution is 0.00462. The zero-order valence-electron chi connectivity index (χ0n) is 59.3. The van der Waals surface area contributed by atoms with Crippen molar-refractivity contribution in [3.63, 3.8) is 0 Å². The van der Waals surface area contributed by atoms with Gasteiger partial charge in [0.25, 0.3) is 0 Å². The predicted octanol–water partition coefficient (Wildman–Crippen LogP) is -3.05. The summed E-state index contributed by atoms with van der Waals surface area (Å²) in [5.41, 5.74) is -5.53. The average molecular weight is 1370 g/mol. The van der Waals surface area contributed by atoms with E-state index in [1.165, 1.54) is 12.8 Å². The first-order chi connectivity index (χ1) is 44.0. The topological polar surface area (TPSA) is 351 Å². The largest absolute Gasteiger partial charge is 0.391 e. The molecule has 0 saturated carbocycles. The van der Waals surface area contributed by atoms with Crippen molar-refractivity contribution in [2.75, 3.05) is 195 Å². The smallest absolute Gasteiger partial charge is 0.336 e. The molecule has 95 heavy (non-hydrogen) atoms. The summed E-state index contributed by atoms with van der Waals surface area (Å²) in [6.07, 6.45) is 1.00. The van der Waals surface area contributed by atoms with Crippen LogP contribution in [-0.4, -0.2) is 342 Å². The third-order valence-corrected chi connectivity index (χ3v) is 15.0. The maximum absolute atomic E-state index is 13.6. The highest BCUT2D eigenvalue weighted by molar-refractivity contribution is 4.85. The second-order valence-electron chi connectivity index (χ2n) is 25.7. The number of unbranched alkanes of at least 4 members (excludes halogenated alkanes) is 2. The Labute approximate surface area is 568 Å². The normalized spacial score (nSPS) is 15.3. The molecule has 0 amide bonds. The molecule has 31 nitrogen and oxygen atoms in total. The molecular formula is C64H137N15O16. The first-order valence-corrected chi connectivity index (χ1v) is 33.5. The van der Waals surface area contributed by atoms with Crippen LogP contribution >= 0.6 is 0 Å². The molecular weight excluding hydrogens is 1230 g/mol. The van der Waals surface area contributed by atoms with E-state index < -0.39 is 90.1 Å². The second kappa shape index (κ2) is 53.0. The molecule has 1 aliphatic rings. The quantitative estimate of drug-likeness (QED) is 0.0180. The van der Waals surface area contributed by atoms with Gasteiger partial charge in [-0.25, -0.2) is 56.2 Å². The Hall–Kier alpha value is -3.94. The minimum atomic E-state index is -1.24. The molecule has 9 N–H and O–H groups in total. The van der Waals surface area contributed by atoms with E-state index in [1.54, 1.807) is 13.8 Å². The number of epoxide rings is 1. The van der Waals surface area contributed by atoms with Gasteiger partial charge in [0.05, 0.1) is 95.7 Å². The number of nitrogens with zero attached hydrogens (tertiary/aromatic N) is 13. The Bertz CT molecular complexity index is 2640. The van der Waals surface area contributed by atoms with Gasteiger partial charge in [0.2, 0.25) is 0 Å². The van der Waals surface area contributed by atoms with E-state index in [1.807, 2.05) is 95.0 Å². The third kappa shape index (κ3) is 41.3. The van der Waals surface area contributed by atoms with Crippen molar-refractivity contribution in [1.82, 2.24) is 72.3 Å². The van der Waals surface area contributed by atoms with Crippen molar-refractivity contribution in [2.24, 2.45) is 0 Å². The zero-order valence-corrected chi connectivity index (χ0v) is 59.3. The average Bonchev–Trinajstić information content (AvgIpc) is 0.851. The van der Waals surface area contributed by atoms with E-state index in [4.69, 9.17) is 14.2 Å². The van der Waals surface area contributed by atoms with E-state index in [2.05, 4.69) is 34.3 Å².